The molecule has 0 aliphatic carbocycles. The lowest BCUT2D eigenvalue weighted by molar-refractivity contribution is -0.130. The van der Waals surface area contributed by atoms with Crippen LogP contribution in [0.15, 0.2) is 54.9 Å². The van der Waals surface area contributed by atoms with Crippen LogP contribution in [0.2, 0.25) is 0 Å². The number of amides is 4. The van der Waals surface area contributed by atoms with E-state index in [9.17, 15) is 19.2 Å². The number of hydrogen-bond acceptors (Lipinski definition) is 7. The Hall–Kier alpha value is -4.41. The molecule has 4 rings (SSSR count). The molecule has 0 bridgehead atoms. The van der Waals surface area contributed by atoms with Crippen LogP contribution >= 0.6 is 0 Å². The Morgan fingerprint density at radius 3 is 2.50 bits per heavy atom. The van der Waals surface area contributed by atoms with Gasteiger partial charge in [0, 0.05) is 17.2 Å². The smallest absolute Gasteiger partial charge is 0.325 e. The number of hydrogen-bond donors (Lipinski definition) is 2. The number of carbonyl (C=O) groups excluding carboxylic acids is 4. The van der Waals surface area contributed by atoms with Crippen molar-refractivity contribution in [1.29, 1.82) is 0 Å². The van der Waals surface area contributed by atoms with Gasteiger partial charge in [-0.2, -0.15) is 0 Å². The van der Waals surface area contributed by atoms with E-state index < -0.39 is 29.8 Å². The number of imide groups is 1. The third kappa shape index (κ3) is 4.27. The predicted octanol–water partition coefficient (Wildman–Crippen LogP) is 1.91. The Labute approximate surface area is 195 Å². The first-order valence-electron chi connectivity index (χ1n) is 10.6. The minimum absolute atomic E-state index is 0.137. The van der Waals surface area contributed by atoms with Crippen molar-refractivity contribution in [3.05, 3.63) is 66.0 Å². The number of ketones is 1. The molecule has 1 fully saturated rings. The number of aromatic nitrogens is 4. The molecule has 1 aliphatic heterocycles. The van der Waals surface area contributed by atoms with Crippen molar-refractivity contribution in [1.82, 2.24) is 30.4 Å². The number of urea groups is 1. The Balaban J connectivity index is 1.49. The van der Waals surface area contributed by atoms with Crippen molar-refractivity contribution in [2.45, 2.75) is 26.3 Å². The first kappa shape index (κ1) is 22.8. The predicted molar refractivity (Wildman–Crippen MR) is 121 cm³/mol. The van der Waals surface area contributed by atoms with Crippen LogP contribution in [0, 0.1) is 5.92 Å². The van der Waals surface area contributed by atoms with Gasteiger partial charge in [-0.3, -0.25) is 19.3 Å². The number of benzene rings is 2. The zero-order valence-electron chi connectivity index (χ0n) is 18.8. The third-order valence-electron chi connectivity index (χ3n) is 5.61. The quantitative estimate of drug-likeness (QED) is 0.405. The van der Waals surface area contributed by atoms with Gasteiger partial charge in [-0.05, 0) is 59.3 Å². The molecule has 0 spiro atoms. The van der Waals surface area contributed by atoms with Gasteiger partial charge in [0.15, 0.2) is 5.78 Å². The standard InChI is InChI=1S/C23H23N7O4/c1-14(2)20(32)25-17-9-7-15(8-10-17)19(31)12-29-21(33)23(3,26-22(29)34)16-5-4-6-18(11-16)30-13-24-27-28-30/h4-11,13-14H,12H2,1-3H3,(H,25,32)(H,26,34)/t23-/m0/s1. The maximum Gasteiger partial charge on any atom is 0.325 e. The van der Waals surface area contributed by atoms with Crippen LogP contribution < -0.4 is 10.6 Å². The largest absolute Gasteiger partial charge is 0.326 e. The molecule has 0 saturated carbocycles. The molecule has 2 N–H and O–H groups in total. The highest BCUT2D eigenvalue weighted by molar-refractivity contribution is 6.11. The molecule has 4 amide bonds. The SMILES string of the molecule is CC(C)C(=O)Nc1ccc(C(=O)CN2C(=O)N[C@@](C)(c3cccc(-n4cnnn4)c3)C2=O)cc1. The van der Waals surface area contributed by atoms with E-state index in [0.29, 0.717) is 22.5 Å². The molecular weight excluding hydrogens is 438 g/mol. The van der Waals surface area contributed by atoms with Gasteiger partial charge in [-0.25, -0.2) is 9.48 Å². The first-order valence-corrected chi connectivity index (χ1v) is 10.6. The molecule has 34 heavy (non-hydrogen) atoms. The molecular formula is C23H23N7O4. The molecule has 11 nitrogen and oxygen atoms in total. The number of nitrogens with zero attached hydrogens (tertiary/aromatic N) is 5. The molecule has 11 heteroatoms. The van der Waals surface area contributed by atoms with E-state index in [4.69, 9.17) is 0 Å². The van der Waals surface area contributed by atoms with Gasteiger partial charge in [-0.1, -0.05) is 26.0 Å². The van der Waals surface area contributed by atoms with Gasteiger partial charge in [-0.15, -0.1) is 5.10 Å². The minimum Gasteiger partial charge on any atom is -0.326 e. The number of tetrazole rings is 1. The average molecular weight is 461 g/mol. The summed E-state index contributed by atoms with van der Waals surface area (Å²) in [7, 11) is 0. The minimum atomic E-state index is -1.35. The second-order valence-corrected chi connectivity index (χ2v) is 8.40. The van der Waals surface area contributed by atoms with E-state index in [0.717, 1.165) is 4.90 Å². The molecule has 1 atom stereocenters. The number of nitrogens with one attached hydrogen (secondary N) is 2. The van der Waals surface area contributed by atoms with Crippen molar-refractivity contribution in [3.8, 4) is 5.69 Å². The van der Waals surface area contributed by atoms with Crippen LogP contribution in [0.25, 0.3) is 5.69 Å². The van der Waals surface area contributed by atoms with E-state index in [1.807, 2.05) is 0 Å². The van der Waals surface area contributed by atoms with Crippen molar-refractivity contribution < 1.29 is 19.2 Å². The fourth-order valence-corrected chi connectivity index (χ4v) is 3.54. The fourth-order valence-electron chi connectivity index (χ4n) is 3.54. The highest BCUT2D eigenvalue weighted by Gasteiger charge is 2.49. The maximum atomic E-state index is 13.2. The molecule has 2 aromatic carbocycles. The number of anilines is 1. The summed E-state index contributed by atoms with van der Waals surface area (Å²) in [6.45, 7) is 4.73. The molecule has 2 heterocycles. The van der Waals surface area contributed by atoms with Crippen molar-refractivity contribution in [2.75, 3.05) is 11.9 Å². The zero-order chi connectivity index (χ0) is 24.5. The second kappa shape index (κ2) is 8.85. The molecule has 0 unspecified atom stereocenters. The normalized spacial score (nSPS) is 17.7. The number of rotatable bonds is 7. The number of Topliss-reactive ketones (excluding diaryl/α,β-unsaturated/α-hetero) is 1. The summed E-state index contributed by atoms with van der Waals surface area (Å²) in [5, 5.41) is 16.5. The number of carbonyl (C=O) groups is 4. The molecule has 1 aromatic heterocycles. The lowest BCUT2D eigenvalue weighted by atomic mass is 9.91. The highest BCUT2D eigenvalue weighted by atomic mass is 16.2. The maximum absolute atomic E-state index is 13.2. The van der Waals surface area contributed by atoms with Crippen LogP contribution in [0.1, 0.15) is 36.7 Å². The lowest BCUT2D eigenvalue weighted by Gasteiger charge is -2.22. The van der Waals surface area contributed by atoms with Gasteiger partial charge >= 0.3 is 6.03 Å². The summed E-state index contributed by atoms with van der Waals surface area (Å²) in [6.07, 6.45) is 1.42. The van der Waals surface area contributed by atoms with Gasteiger partial charge in [0.2, 0.25) is 5.91 Å². The third-order valence-corrected chi connectivity index (χ3v) is 5.61. The van der Waals surface area contributed by atoms with Crippen molar-refractivity contribution in [2.24, 2.45) is 5.92 Å². The summed E-state index contributed by atoms with van der Waals surface area (Å²) in [5.41, 5.74) is 0.661. The Kier molecular flexibility index (Phi) is 5.93. The van der Waals surface area contributed by atoms with Gasteiger partial charge in [0.05, 0.1) is 12.2 Å². The van der Waals surface area contributed by atoms with Gasteiger partial charge in [0.25, 0.3) is 5.91 Å². The lowest BCUT2D eigenvalue weighted by Crippen LogP contribution is -2.41. The summed E-state index contributed by atoms with van der Waals surface area (Å²) >= 11 is 0. The first-order chi connectivity index (χ1) is 16.2. The van der Waals surface area contributed by atoms with E-state index in [1.54, 1.807) is 69.3 Å². The van der Waals surface area contributed by atoms with E-state index >= 15 is 0 Å². The molecule has 1 aliphatic rings. The summed E-state index contributed by atoms with van der Waals surface area (Å²) < 4.78 is 1.43. The van der Waals surface area contributed by atoms with E-state index in [2.05, 4.69) is 26.2 Å². The van der Waals surface area contributed by atoms with Gasteiger partial charge < -0.3 is 10.6 Å². The Bertz CT molecular complexity index is 1250. The fraction of sp³-hybridized carbons (Fsp3) is 0.261. The molecule has 1 saturated heterocycles. The van der Waals surface area contributed by atoms with Crippen LogP contribution in [-0.4, -0.2) is 55.3 Å². The topological polar surface area (TPSA) is 139 Å². The average Bonchev–Trinajstić information content (AvgIpc) is 3.43. The van der Waals surface area contributed by atoms with E-state index in [-0.39, 0.29) is 11.8 Å². The Morgan fingerprint density at radius 1 is 1.12 bits per heavy atom. The summed E-state index contributed by atoms with van der Waals surface area (Å²) in [6, 6.07) is 12.5. The highest BCUT2D eigenvalue weighted by Crippen LogP contribution is 2.30. The van der Waals surface area contributed by atoms with Crippen LogP contribution in [0.3, 0.4) is 0 Å². The van der Waals surface area contributed by atoms with Crippen molar-refractivity contribution in [3.63, 3.8) is 0 Å². The summed E-state index contributed by atoms with van der Waals surface area (Å²) in [5.74, 6) is -1.26. The molecule has 3 aromatic rings. The van der Waals surface area contributed by atoms with Crippen LogP contribution in [0.4, 0.5) is 10.5 Å². The summed E-state index contributed by atoms with van der Waals surface area (Å²) in [4.78, 5) is 51.4. The van der Waals surface area contributed by atoms with E-state index in [1.165, 1.54) is 11.0 Å². The van der Waals surface area contributed by atoms with Crippen molar-refractivity contribution >= 4 is 29.3 Å². The monoisotopic (exact) mass is 461 g/mol. The molecule has 174 valence electrons. The van der Waals surface area contributed by atoms with Crippen LogP contribution in [0.5, 0.6) is 0 Å². The second-order valence-electron chi connectivity index (χ2n) is 8.40. The Morgan fingerprint density at radius 2 is 1.85 bits per heavy atom. The zero-order valence-corrected chi connectivity index (χ0v) is 18.8. The molecule has 0 radical (unpaired) electrons. The van der Waals surface area contributed by atoms with Gasteiger partial charge in [0.1, 0.15) is 11.9 Å². The van der Waals surface area contributed by atoms with Crippen LogP contribution in [-0.2, 0) is 15.1 Å².